The molecular formula is C9H11Cl2N3O2. The van der Waals surface area contributed by atoms with E-state index in [-0.39, 0.29) is 17.3 Å². The van der Waals surface area contributed by atoms with Gasteiger partial charge in [-0.2, -0.15) is 0 Å². The van der Waals surface area contributed by atoms with Crippen LogP contribution in [0.4, 0.5) is 0 Å². The molecule has 1 aromatic rings. The number of halogens is 2. The molecule has 0 aliphatic carbocycles. The van der Waals surface area contributed by atoms with Crippen molar-refractivity contribution in [1.82, 2.24) is 10.0 Å². The van der Waals surface area contributed by atoms with Gasteiger partial charge < -0.3 is 5.73 Å². The van der Waals surface area contributed by atoms with Gasteiger partial charge in [0.2, 0.25) is 0 Å². The third-order valence-electron chi connectivity index (χ3n) is 1.99. The second-order valence-corrected chi connectivity index (χ2v) is 3.71. The highest BCUT2D eigenvalue weighted by Crippen LogP contribution is 2.22. The Bertz CT molecular complexity index is 412. The van der Waals surface area contributed by atoms with Crippen LogP contribution in [0.15, 0.2) is 6.07 Å². The lowest BCUT2D eigenvalue weighted by molar-refractivity contribution is -0.0757. The van der Waals surface area contributed by atoms with Gasteiger partial charge in [0, 0.05) is 13.6 Å². The molecule has 0 fully saturated rings. The van der Waals surface area contributed by atoms with Crippen LogP contribution >= 0.6 is 23.2 Å². The summed E-state index contributed by atoms with van der Waals surface area (Å²) in [7, 11) is 2.83. The first-order valence-electron chi connectivity index (χ1n) is 4.38. The number of hydrogen-bond acceptors (Lipinski definition) is 4. The fraction of sp³-hybridized carbons (Fsp3) is 0.333. The maximum absolute atomic E-state index is 11.7. The van der Waals surface area contributed by atoms with E-state index in [1.54, 1.807) is 0 Å². The molecule has 0 atom stereocenters. The largest absolute Gasteiger partial charge is 0.325 e. The molecule has 1 rings (SSSR count). The van der Waals surface area contributed by atoms with Gasteiger partial charge in [-0.1, -0.05) is 23.2 Å². The lowest BCUT2D eigenvalue weighted by Crippen LogP contribution is -2.26. The molecule has 0 saturated carbocycles. The van der Waals surface area contributed by atoms with E-state index in [0.29, 0.717) is 10.7 Å². The van der Waals surface area contributed by atoms with Crippen LogP contribution in [0.1, 0.15) is 16.1 Å². The minimum absolute atomic E-state index is 0.0544. The smallest absolute Gasteiger partial charge is 0.280 e. The number of hydrogen-bond donors (Lipinski definition) is 1. The van der Waals surface area contributed by atoms with Gasteiger partial charge in [-0.25, -0.2) is 10.0 Å². The molecule has 0 aromatic carbocycles. The predicted octanol–water partition coefficient (Wildman–Crippen LogP) is 1.48. The van der Waals surface area contributed by atoms with Gasteiger partial charge in [0.15, 0.2) is 0 Å². The zero-order valence-corrected chi connectivity index (χ0v) is 10.3. The van der Waals surface area contributed by atoms with Crippen molar-refractivity contribution in [2.75, 3.05) is 14.2 Å². The number of amides is 1. The summed E-state index contributed by atoms with van der Waals surface area (Å²) in [6.07, 6.45) is 0. The van der Waals surface area contributed by atoms with Crippen LogP contribution in [-0.2, 0) is 11.4 Å². The van der Waals surface area contributed by atoms with Crippen LogP contribution in [0.3, 0.4) is 0 Å². The Labute approximate surface area is 103 Å². The molecule has 0 unspecified atom stereocenters. The molecule has 5 nitrogen and oxygen atoms in total. The summed E-state index contributed by atoms with van der Waals surface area (Å²) in [6, 6.07) is 1.43. The number of hydroxylamine groups is 2. The second-order valence-electron chi connectivity index (χ2n) is 2.94. The number of nitrogens with zero attached hydrogens (tertiary/aromatic N) is 2. The molecule has 0 saturated heterocycles. The Morgan fingerprint density at radius 1 is 1.62 bits per heavy atom. The van der Waals surface area contributed by atoms with E-state index in [0.717, 1.165) is 5.06 Å². The number of carbonyl (C=O) groups excluding carboxylic acids is 1. The summed E-state index contributed by atoms with van der Waals surface area (Å²) in [4.78, 5) is 20.4. The fourth-order valence-electron chi connectivity index (χ4n) is 1.05. The van der Waals surface area contributed by atoms with E-state index < -0.39 is 5.91 Å². The molecule has 0 radical (unpaired) electrons. The first-order chi connectivity index (χ1) is 7.51. The third-order valence-corrected chi connectivity index (χ3v) is 2.60. The highest BCUT2D eigenvalue weighted by Gasteiger charge is 2.18. The van der Waals surface area contributed by atoms with Gasteiger partial charge >= 0.3 is 0 Å². The van der Waals surface area contributed by atoms with Gasteiger partial charge in [0.1, 0.15) is 5.15 Å². The predicted molar refractivity (Wildman–Crippen MR) is 61.3 cm³/mol. The van der Waals surface area contributed by atoms with E-state index in [1.807, 2.05) is 0 Å². The minimum Gasteiger partial charge on any atom is -0.325 e. The van der Waals surface area contributed by atoms with Crippen LogP contribution in [-0.4, -0.2) is 30.1 Å². The van der Waals surface area contributed by atoms with Crippen LogP contribution in [0, 0.1) is 0 Å². The van der Waals surface area contributed by atoms with E-state index >= 15 is 0 Å². The molecule has 2 N–H and O–H groups in total. The number of nitrogens with two attached hydrogens (primary N) is 1. The summed E-state index contributed by atoms with van der Waals surface area (Å²) in [6.45, 7) is 0.160. The number of carbonyl (C=O) groups is 1. The molecule has 0 bridgehead atoms. The van der Waals surface area contributed by atoms with Crippen LogP contribution < -0.4 is 5.73 Å². The molecule has 0 aliphatic rings. The van der Waals surface area contributed by atoms with Crippen molar-refractivity contribution in [3.05, 3.63) is 27.5 Å². The van der Waals surface area contributed by atoms with Crippen molar-refractivity contribution in [1.29, 1.82) is 0 Å². The SMILES string of the molecule is CON(C)C(=O)c1cc(Cl)c(CN)nc1Cl. The van der Waals surface area contributed by atoms with E-state index in [1.165, 1.54) is 20.2 Å². The van der Waals surface area contributed by atoms with Gasteiger partial charge in [0.25, 0.3) is 5.91 Å². The summed E-state index contributed by atoms with van der Waals surface area (Å²) >= 11 is 11.7. The highest BCUT2D eigenvalue weighted by molar-refractivity contribution is 6.35. The Morgan fingerprint density at radius 3 is 2.75 bits per heavy atom. The maximum Gasteiger partial charge on any atom is 0.280 e. The highest BCUT2D eigenvalue weighted by atomic mass is 35.5. The Kier molecular flexibility index (Phi) is 4.49. The minimum atomic E-state index is -0.425. The summed E-state index contributed by atoms with van der Waals surface area (Å²) in [5.41, 5.74) is 6.03. The molecule has 88 valence electrons. The second kappa shape index (κ2) is 5.45. The van der Waals surface area contributed by atoms with Crippen molar-refractivity contribution in [2.45, 2.75) is 6.54 Å². The molecule has 16 heavy (non-hydrogen) atoms. The molecule has 1 amide bonds. The molecule has 0 spiro atoms. The molecule has 7 heteroatoms. The first kappa shape index (κ1) is 13.2. The Balaban J connectivity index is 3.16. The molecule has 1 aromatic heterocycles. The Hall–Kier alpha value is -0.880. The first-order valence-corrected chi connectivity index (χ1v) is 5.14. The number of aromatic nitrogens is 1. The molecule has 0 aliphatic heterocycles. The van der Waals surface area contributed by atoms with Gasteiger partial charge in [0.05, 0.1) is 23.4 Å². The van der Waals surface area contributed by atoms with Crippen molar-refractivity contribution in [2.24, 2.45) is 5.73 Å². The van der Waals surface area contributed by atoms with Crippen LogP contribution in [0.5, 0.6) is 0 Å². The van der Waals surface area contributed by atoms with Gasteiger partial charge in [-0.3, -0.25) is 9.63 Å². The number of rotatable bonds is 3. The summed E-state index contributed by atoms with van der Waals surface area (Å²) < 4.78 is 0. The fourth-order valence-corrected chi connectivity index (χ4v) is 1.51. The quantitative estimate of drug-likeness (QED) is 0.663. The van der Waals surface area contributed by atoms with Crippen molar-refractivity contribution < 1.29 is 9.63 Å². The van der Waals surface area contributed by atoms with Crippen molar-refractivity contribution in [3.8, 4) is 0 Å². The van der Waals surface area contributed by atoms with Crippen LogP contribution in [0.2, 0.25) is 10.2 Å². The van der Waals surface area contributed by atoms with Crippen LogP contribution in [0.25, 0.3) is 0 Å². The van der Waals surface area contributed by atoms with E-state index in [9.17, 15) is 4.79 Å². The average molecular weight is 264 g/mol. The molecule has 1 heterocycles. The molecular weight excluding hydrogens is 253 g/mol. The van der Waals surface area contributed by atoms with E-state index in [2.05, 4.69) is 4.98 Å². The third kappa shape index (κ3) is 2.62. The summed E-state index contributed by atoms with van der Waals surface area (Å²) in [5.74, 6) is -0.425. The maximum atomic E-state index is 11.7. The van der Waals surface area contributed by atoms with Crippen molar-refractivity contribution in [3.63, 3.8) is 0 Å². The van der Waals surface area contributed by atoms with Gasteiger partial charge in [-0.05, 0) is 6.07 Å². The summed E-state index contributed by atoms with van der Waals surface area (Å²) in [5, 5.41) is 1.39. The monoisotopic (exact) mass is 263 g/mol. The topological polar surface area (TPSA) is 68.5 Å². The standard InChI is InChI=1S/C9H11Cl2N3O2/c1-14(16-2)9(15)5-3-6(10)7(4-12)13-8(5)11/h3H,4,12H2,1-2H3. The Morgan fingerprint density at radius 2 is 2.25 bits per heavy atom. The number of pyridine rings is 1. The zero-order valence-electron chi connectivity index (χ0n) is 8.83. The van der Waals surface area contributed by atoms with E-state index in [4.69, 9.17) is 33.8 Å². The lowest BCUT2D eigenvalue weighted by atomic mass is 10.2. The van der Waals surface area contributed by atoms with Gasteiger partial charge in [-0.15, -0.1) is 0 Å². The average Bonchev–Trinajstić information content (AvgIpc) is 2.29. The normalized spacial score (nSPS) is 10.3. The lowest BCUT2D eigenvalue weighted by Gasteiger charge is -2.14. The van der Waals surface area contributed by atoms with Crippen molar-refractivity contribution >= 4 is 29.1 Å². The zero-order chi connectivity index (χ0) is 12.3.